The molecule has 1 fully saturated rings. The molecule has 1 heterocycles. The Morgan fingerprint density at radius 1 is 1.79 bits per heavy atom. The van der Waals surface area contributed by atoms with Crippen molar-refractivity contribution in [2.75, 3.05) is 6.54 Å². The number of hydrogen-bond donors (Lipinski definition) is 2. The Morgan fingerprint density at radius 3 is 3.07 bits per heavy atom. The van der Waals surface area contributed by atoms with Gasteiger partial charge in [0.15, 0.2) is 5.82 Å². The molecule has 1 aliphatic carbocycles. The average molecular weight is 197 g/mol. The Labute approximate surface area is 81.7 Å². The third kappa shape index (κ3) is 1.28. The minimum Gasteiger partial charge on any atom is -0.329 e. The molecule has 1 aromatic rings. The van der Waals surface area contributed by atoms with Gasteiger partial charge in [-0.15, -0.1) is 0 Å². The smallest absolute Gasteiger partial charge is 0.329 e. The summed E-state index contributed by atoms with van der Waals surface area (Å²) in [6.45, 7) is 2.67. The summed E-state index contributed by atoms with van der Waals surface area (Å²) in [7, 11) is 0. The molecule has 2 atom stereocenters. The van der Waals surface area contributed by atoms with E-state index in [0.29, 0.717) is 18.3 Å². The largest absolute Gasteiger partial charge is 0.438 e. The Hall–Kier alpha value is -1.10. The van der Waals surface area contributed by atoms with Crippen LogP contribution >= 0.6 is 0 Å². The van der Waals surface area contributed by atoms with Gasteiger partial charge in [-0.25, -0.2) is 4.79 Å². The summed E-state index contributed by atoms with van der Waals surface area (Å²) in [5.41, 5.74) is 5.62. The van der Waals surface area contributed by atoms with Crippen molar-refractivity contribution in [3.63, 3.8) is 0 Å². The normalized spacial score (nSPS) is 30.6. The van der Waals surface area contributed by atoms with E-state index < -0.39 is 5.76 Å². The van der Waals surface area contributed by atoms with Gasteiger partial charge >= 0.3 is 5.76 Å². The Bertz CT molecular complexity index is 370. The molecule has 14 heavy (non-hydrogen) atoms. The first-order valence-electron chi connectivity index (χ1n) is 4.99. The van der Waals surface area contributed by atoms with E-state index in [0.717, 1.165) is 19.3 Å². The fourth-order valence-electron chi connectivity index (χ4n) is 2.19. The Kier molecular flexibility index (Phi) is 2.19. The van der Waals surface area contributed by atoms with E-state index in [1.54, 1.807) is 0 Å². The molecule has 78 valence electrons. The molecule has 3 N–H and O–H groups in total. The van der Waals surface area contributed by atoms with Crippen molar-refractivity contribution in [1.29, 1.82) is 0 Å². The van der Waals surface area contributed by atoms with Crippen molar-refractivity contribution in [1.82, 2.24) is 10.1 Å². The number of aromatic nitrogens is 2. The third-order valence-electron chi connectivity index (χ3n) is 3.15. The van der Waals surface area contributed by atoms with E-state index >= 15 is 0 Å². The molecule has 0 amide bonds. The second-order valence-electron chi connectivity index (χ2n) is 3.99. The van der Waals surface area contributed by atoms with Crippen LogP contribution in [-0.2, 0) is 5.41 Å². The summed E-state index contributed by atoms with van der Waals surface area (Å²) in [5, 5.41) is 3.73. The number of H-pyrrole nitrogens is 1. The van der Waals surface area contributed by atoms with Crippen LogP contribution in [0.25, 0.3) is 0 Å². The first-order chi connectivity index (χ1) is 6.73. The van der Waals surface area contributed by atoms with Gasteiger partial charge in [-0.05, 0) is 18.8 Å². The number of nitrogens with zero attached hydrogens (tertiary/aromatic N) is 1. The first kappa shape index (κ1) is 9.45. The summed E-state index contributed by atoms with van der Waals surface area (Å²) in [6, 6.07) is 0. The SMILES string of the molecule is CCCC1CC1(CN)c1noc(=O)[nH]1. The minimum absolute atomic E-state index is 0.109. The topological polar surface area (TPSA) is 84.9 Å². The van der Waals surface area contributed by atoms with Crippen LogP contribution < -0.4 is 11.5 Å². The molecule has 2 unspecified atom stereocenters. The first-order valence-corrected chi connectivity index (χ1v) is 4.99. The van der Waals surface area contributed by atoms with Gasteiger partial charge in [-0.1, -0.05) is 18.5 Å². The van der Waals surface area contributed by atoms with Gasteiger partial charge in [0, 0.05) is 12.0 Å². The van der Waals surface area contributed by atoms with Crippen LogP contribution in [0.4, 0.5) is 0 Å². The van der Waals surface area contributed by atoms with Crippen LogP contribution in [0.2, 0.25) is 0 Å². The fourth-order valence-corrected chi connectivity index (χ4v) is 2.19. The van der Waals surface area contributed by atoms with Crippen LogP contribution in [0.1, 0.15) is 32.0 Å². The number of nitrogens with two attached hydrogens (primary N) is 1. The lowest BCUT2D eigenvalue weighted by molar-refractivity contribution is 0.373. The van der Waals surface area contributed by atoms with Crippen LogP contribution in [0, 0.1) is 5.92 Å². The van der Waals surface area contributed by atoms with Gasteiger partial charge in [0.05, 0.1) is 0 Å². The zero-order valence-electron chi connectivity index (χ0n) is 8.25. The van der Waals surface area contributed by atoms with Crippen LogP contribution in [0.5, 0.6) is 0 Å². The molecular formula is C9H15N3O2. The molecule has 1 aromatic heterocycles. The highest BCUT2D eigenvalue weighted by molar-refractivity contribution is 5.21. The van der Waals surface area contributed by atoms with E-state index in [9.17, 15) is 4.79 Å². The second kappa shape index (κ2) is 3.24. The van der Waals surface area contributed by atoms with Gasteiger partial charge in [0.1, 0.15) is 0 Å². The van der Waals surface area contributed by atoms with Gasteiger partial charge in [-0.3, -0.25) is 9.51 Å². The van der Waals surface area contributed by atoms with E-state index in [4.69, 9.17) is 5.73 Å². The Morgan fingerprint density at radius 2 is 2.57 bits per heavy atom. The monoisotopic (exact) mass is 197 g/mol. The molecule has 0 aromatic carbocycles. The molecule has 0 aliphatic heterocycles. The fraction of sp³-hybridized carbons (Fsp3) is 0.778. The van der Waals surface area contributed by atoms with Crippen molar-refractivity contribution in [3.8, 4) is 0 Å². The van der Waals surface area contributed by atoms with E-state index in [2.05, 4.69) is 21.6 Å². The molecule has 0 radical (unpaired) electrons. The maximum Gasteiger partial charge on any atom is 0.438 e. The molecule has 1 saturated carbocycles. The van der Waals surface area contributed by atoms with Crippen molar-refractivity contribution in [3.05, 3.63) is 16.4 Å². The number of nitrogens with one attached hydrogen (secondary N) is 1. The lowest BCUT2D eigenvalue weighted by Gasteiger charge is -2.09. The van der Waals surface area contributed by atoms with Crippen molar-refractivity contribution in [2.24, 2.45) is 11.7 Å². The van der Waals surface area contributed by atoms with Gasteiger partial charge in [0.25, 0.3) is 0 Å². The number of aromatic amines is 1. The quantitative estimate of drug-likeness (QED) is 0.730. The molecular weight excluding hydrogens is 182 g/mol. The summed E-state index contributed by atoms with van der Waals surface area (Å²) >= 11 is 0. The summed E-state index contributed by atoms with van der Waals surface area (Å²) in [5.74, 6) is 0.691. The minimum atomic E-state index is -0.491. The predicted molar refractivity (Wildman–Crippen MR) is 50.9 cm³/mol. The molecule has 0 bridgehead atoms. The molecule has 5 heteroatoms. The lowest BCUT2D eigenvalue weighted by Crippen LogP contribution is -2.24. The van der Waals surface area contributed by atoms with Gasteiger partial charge in [-0.2, -0.15) is 0 Å². The van der Waals surface area contributed by atoms with Crippen LogP contribution in [0.15, 0.2) is 9.32 Å². The van der Waals surface area contributed by atoms with Crippen LogP contribution in [0.3, 0.4) is 0 Å². The number of rotatable bonds is 4. The molecule has 0 spiro atoms. The highest BCUT2D eigenvalue weighted by Crippen LogP contribution is 2.54. The van der Waals surface area contributed by atoms with Crippen molar-refractivity contribution < 1.29 is 4.52 Å². The predicted octanol–water partition coefficient (Wildman–Crippen LogP) is 0.379. The van der Waals surface area contributed by atoms with Gasteiger partial charge in [0.2, 0.25) is 0 Å². The third-order valence-corrected chi connectivity index (χ3v) is 3.15. The molecule has 1 aliphatic rings. The standard InChI is InChI=1S/C9H15N3O2/c1-2-3-6-4-9(6,5-10)7-11-8(13)14-12-7/h6H,2-5,10H2,1H3,(H,11,12,13). The van der Waals surface area contributed by atoms with E-state index in [1.165, 1.54) is 0 Å². The van der Waals surface area contributed by atoms with Crippen molar-refractivity contribution in [2.45, 2.75) is 31.6 Å². The van der Waals surface area contributed by atoms with E-state index in [1.807, 2.05) is 0 Å². The maximum atomic E-state index is 10.8. The lowest BCUT2D eigenvalue weighted by atomic mass is 10.0. The van der Waals surface area contributed by atoms with Crippen molar-refractivity contribution >= 4 is 0 Å². The van der Waals surface area contributed by atoms with E-state index in [-0.39, 0.29) is 5.41 Å². The van der Waals surface area contributed by atoms with Gasteiger partial charge < -0.3 is 5.73 Å². The summed E-state index contributed by atoms with van der Waals surface area (Å²) in [6.07, 6.45) is 3.28. The average Bonchev–Trinajstić information content (AvgIpc) is 2.72. The molecule has 2 rings (SSSR count). The molecule has 5 nitrogen and oxygen atoms in total. The summed E-state index contributed by atoms with van der Waals surface area (Å²) in [4.78, 5) is 13.4. The maximum absolute atomic E-state index is 10.8. The Balaban J connectivity index is 2.20. The number of hydrogen-bond acceptors (Lipinski definition) is 4. The zero-order chi connectivity index (χ0) is 10.2. The molecule has 0 saturated heterocycles. The second-order valence-corrected chi connectivity index (χ2v) is 3.99. The summed E-state index contributed by atoms with van der Waals surface area (Å²) < 4.78 is 4.50. The highest BCUT2D eigenvalue weighted by atomic mass is 16.5. The highest BCUT2D eigenvalue weighted by Gasteiger charge is 2.56. The zero-order valence-corrected chi connectivity index (χ0v) is 8.25. The van der Waals surface area contributed by atoms with Crippen LogP contribution in [-0.4, -0.2) is 16.7 Å².